The average molecular weight is 155 g/mol. The van der Waals surface area contributed by atoms with Crippen LogP contribution in [0, 0.1) is 6.92 Å². The van der Waals surface area contributed by atoms with Crippen molar-refractivity contribution in [1.29, 1.82) is 0 Å². The molecular weight excluding hydrogens is 146 g/mol. The lowest BCUT2D eigenvalue weighted by molar-refractivity contribution is 0.353. The number of hydrogen-bond donors (Lipinski definition) is 2. The Kier molecular flexibility index (Phi) is 1.20. The SMILES string of the molecule is Cc1[nH]c(S)c2c1OCC2. The summed E-state index contributed by atoms with van der Waals surface area (Å²) in [5, 5.41) is 0.963. The summed E-state index contributed by atoms with van der Waals surface area (Å²) in [4.78, 5) is 3.12. The number of ether oxygens (including phenoxy) is 1. The van der Waals surface area contributed by atoms with Gasteiger partial charge in [-0.1, -0.05) is 0 Å². The van der Waals surface area contributed by atoms with Gasteiger partial charge >= 0.3 is 0 Å². The molecule has 1 N–H and O–H groups in total. The second-order valence-electron chi connectivity index (χ2n) is 2.50. The molecule has 0 saturated carbocycles. The van der Waals surface area contributed by atoms with E-state index in [1.807, 2.05) is 6.92 Å². The summed E-state index contributed by atoms with van der Waals surface area (Å²) in [5.74, 6) is 1.02. The standard InChI is InChI=1S/C7H9NOS/c1-4-6-5(2-3-9-6)7(10)8-4/h8,10H,2-3H2,1H3. The topological polar surface area (TPSA) is 25.0 Å². The molecule has 0 amide bonds. The molecule has 2 heterocycles. The third-order valence-corrected chi connectivity index (χ3v) is 2.19. The van der Waals surface area contributed by atoms with Gasteiger partial charge in [-0.25, -0.2) is 0 Å². The molecule has 0 spiro atoms. The molecule has 1 aromatic heterocycles. The van der Waals surface area contributed by atoms with Crippen LogP contribution in [0.2, 0.25) is 0 Å². The molecule has 0 fully saturated rings. The lowest BCUT2D eigenvalue weighted by atomic mass is 10.2. The number of aromatic amines is 1. The van der Waals surface area contributed by atoms with Crippen molar-refractivity contribution >= 4 is 12.6 Å². The van der Waals surface area contributed by atoms with Gasteiger partial charge in [0.2, 0.25) is 0 Å². The summed E-state index contributed by atoms with van der Waals surface area (Å²) in [6.07, 6.45) is 0.999. The largest absolute Gasteiger partial charge is 0.491 e. The number of fused-ring (bicyclic) bond motifs is 1. The van der Waals surface area contributed by atoms with E-state index in [2.05, 4.69) is 17.6 Å². The Labute approximate surface area is 65.0 Å². The van der Waals surface area contributed by atoms with Gasteiger partial charge in [0.25, 0.3) is 0 Å². The molecule has 2 rings (SSSR count). The molecule has 0 aliphatic carbocycles. The molecule has 0 saturated heterocycles. The lowest BCUT2D eigenvalue weighted by Crippen LogP contribution is -1.90. The van der Waals surface area contributed by atoms with Gasteiger partial charge in [0.1, 0.15) is 5.75 Å². The highest BCUT2D eigenvalue weighted by atomic mass is 32.1. The van der Waals surface area contributed by atoms with Gasteiger partial charge in [-0.3, -0.25) is 0 Å². The first-order valence-corrected chi connectivity index (χ1v) is 3.77. The molecule has 0 unspecified atom stereocenters. The predicted octanol–water partition coefficient (Wildman–Crippen LogP) is 1.55. The Morgan fingerprint density at radius 1 is 1.60 bits per heavy atom. The Bertz CT molecular complexity index is 242. The molecule has 3 heteroatoms. The molecule has 1 aromatic rings. The van der Waals surface area contributed by atoms with E-state index in [-0.39, 0.29) is 0 Å². The number of thiol groups is 1. The molecule has 0 radical (unpaired) electrons. The van der Waals surface area contributed by atoms with Gasteiger partial charge in [0.05, 0.1) is 17.3 Å². The fraction of sp³-hybridized carbons (Fsp3) is 0.429. The van der Waals surface area contributed by atoms with Crippen LogP contribution in [0.4, 0.5) is 0 Å². The smallest absolute Gasteiger partial charge is 0.144 e. The van der Waals surface area contributed by atoms with Crippen molar-refractivity contribution in [1.82, 2.24) is 4.98 Å². The van der Waals surface area contributed by atoms with E-state index in [0.29, 0.717) is 0 Å². The Morgan fingerprint density at radius 3 is 3.10 bits per heavy atom. The summed E-state index contributed by atoms with van der Waals surface area (Å²) in [6.45, 7) is 2.82. The highest BCUT2D eigenvalue weighted by molar-refractivity contribution is 7.80. The highest BCUT2D eigenvalue weighted by Gasteiger charge is 2.19. The van der Waals surface area contributed by atoms with E-state index in [4.69, 9.17) is 4.74 Å². The molecule has 10 heavy (non-hydrogen) atoms. The first kappa shape index (κ1) is 6.16. The third-order valence-electron chi connectivity index (χ3n) is 1.80. The van der Waals surface area contributed by atoms with Crippen LogP contribution in [0.15, 0.2) is 5.03 Å². The van der Waals surface area contributed by atoms with Crippen LogP contribution in [0.3, 0.4) is 0 Å². The molecule has 2 nitrogen and oxygen atoms in total. The van der Waals surface area contributed by atoms with Crippen molar-refractivity contribution in [3.05, 3.63) is 11.3 Å². The Hall–Kier alpha value is -0.570. The second-order valence-corrected chi connectivity index (χ2v) is 2.95. The van der Waals surface area contributed by atoms with E-state index >= 15 is 0 Å². The number of aromatic nitrogens is 1. The van der Waals surface area contributed by atoms with Crippen molar-refractivity contribution in [3.63, 3.8) is 0 Å². The maximum atomic E-state index is 5.37. The molecule has 1 aliphatic rings. The van der Waals surface area contributed by atoms with E-state index in [9.17, 15) is 0 Å². The van der Waals surface area contributed by atoms with Crippen LogP contribution < -0.4 is 4.74 Å². The maximum absolute atomic E-state index is 5.37. The van der Waals surface area contributed by atoms with Crippen LogP contribution in [0.5, 0.6) is 5.75 Å². The predicted molar refractivity (Wildman–Crippen MR) is 42.0 cm³/mol. The van der Waals surface area contributed by atoms with Gasteiger partial charge in [0, 0.05) is 12.0 Å². The van der Waals surface area contributed by atoms with E-state index in [1.54, 1.807) is 0 Å². The number of hydrogen-bond acceptors (Lipinski definition) is 2. The van der Waals surface area contributed by atoms with Crippen LogP contribution >= 0.6 is 12.6 Å². The van der Waals surface area contributed by atoms with E-state index in [0.717, 1.165) is 29.5 Å². The maximum Gasteiger partial charge on any atom is 0.144 e. The van der Waals surface area contributed by atoms with Gasteiger partial charge in [-0.15, -0.1) is 12.6 Å². The van der Waals surface area contributed by atoms with Crippen LogP contribution in [0.25, 0.3) is 0 Å². The zero-order valence-electron chi connectivity index (χ0n) is 5.77. The Balaban J connectivity index is 2.61. The third kappa shape index (κ3) is 0.669. The van der Waals surface area contributed by atoms with E-state index < -0.39 is 0 Å². The van der Waals surface area contributed by atoms with Crippen molar-refractivity contribution < 1.29 is 4.74 Å². The van der Waals surface area contributed by atoms with Gasteiger partial charge < -0.3 is 9.72 Å². The van der Waals surface area contributed by atoms with Crippen molar-refractivity contribution in [2.45, 2.75) is 18.4 Å². The molecular formula is C7H9NOS. The average Bonchev–Trinajstić information content (AvgIpc) is 2.39. The van der Waals surface area contributed by atoms with Crippen molar-refractivity contribution in [2.24, 2.45) is 0 Å². The second kappa shape index (κ2) is 1.95. The summed E-state index contributed by atoms with van der Waals surface area (Å²) >= 11 is 4.27. The first-order valence-electron chi connectivity index (χ1n) is 3.32. The lowest BCUT2D eigenvalue weighted by Gasteiger charge is -1.93. The quantitative estimate of drug-likeness (QED) is 0.546. The number of nitrogens with one attached hydrogen (secondary N) is 1. The summed E-state index contributed by atoms with van der Waals surface area (Å²) in [6, 6.07) is 0. The Morgan fingerprint density at radius 2 is 2.40 bits per heavy atom. The van der Waals surface area contributed by atoms with Crippen molar-refractivity contribution in [3.8, 4) is 5.75 Å². The first-order chi connectivity index (χ1) is 4.79. The van der Waals surface area contributed by atoms with E-state index in [1.165, 1.54) is 5.56 Å². The summed E-state index contributed by atoms with van der Waals surface area (Å²) in [7, 11) is 0. The molecule has 0 atom stereocenters. The van der Waals surface area contributed by atoms with Crippen molar-refractivity contribution in [2.75, 3.05) is 6.61 Å². The van der Waals surface area contributed by atoms with Crippen LogP contribution in [-0.4, -0.2) is 11.6 Å². The fourth-order valence-electron chi connectivity index (χ4n) is 1.33. The van der Waals surface area contributed by atoms with Gasteiger partial charge in [-0.05, 0) is 6.92 Å². The monoisotopic (exact) mass is 155 g/mol. The zero-order valence-corrected chi connectivity index (χ0v) is 6.66. The molecule has 1 aliphatic heterocycles. The van der Waals surface area contributed by atoms with Crippen LogP contribution in [0.1, 0.15) is 11.3 Å². The van der Waals surface area contributed by atoms with Gasteiger partial charge in [-0.2, -0.15) is 0 Å². The summed E-state index contributed by atoms with van der Waals surface area (Å²) < 4.78 is 5.37. The summed E-state index contributed by atoms with van der Waals surface area (Å²) in [5.41, 5.74) is 2.33. The minimum absolute atomic E-state index is 0.813. The van der Waals surface area contributed by atoms with Crippen LogP contribution in [-0.2, 0) is 6.42 Å². The number of rotatable bonds is 0. The highest BCUT2D eigenvalue weighted by Crippen LogP contribution is 2.33. The number of H-pyrrole nitrogens is 1. The normalized spacial score (nSPS) is 15.0. The molecule has 0 aromatic carbocycles. The molecule has 54 valence electrons. The number of aryl methyl sites for hydroxylation is 1. The molecule has 0 bridgehead atoms. The fourth-order valence-corrected chi connectivity index (χ4v) is 1.71. The minimum atomic E-state index is 0.813. The minimum Gasteiger partial charge on any atom is -0.491 e. The van der Waals surface area contributed by atoms with Gasteiger partial charge in [0.15, 0.2) is 0 Å². The zero-order chi connectivity index (χ0) is 7.14.